The second-order valence-corrected chi connectivity index (χ2v) is 7.37. The number of carboxylic acids is 1. The number of carbonyl (C=O) groups excluding carboxylic acids is 1. The van der Waals surface area contributed by atoms with E-state index in [0.29, 0.717) is 0 Å². The van der Waals surface area contributed by atoms with Gasteiger partial charge in [-0.3, -0.25) is 4.79 Å². The van der Waals surface area contributed by atoms with Crippen LogP contribution in [-0.2, 0) is 9.53 Å². The van der Waals surface area contributed by atoms with E-state index in [9.17, 15) is 14.7 Å². The fourth-order valence-corrected chi connectivity index (χ4v) is 3.29. The molecule has 2 fully saturated rings. The molecule has 0 aromatic heterocycles. The highest BCUT2D eigenvalue weighted by Gasteiger charge is 2.47. The van der Waals surface area contributed by atoms with E-state index in [1.807, 2.05) is 0 Å². The van der Waals surface area contributed by atoms with Crippen molar-refractivity contribution in [3.8, 4) is 0 Å². The first kappa shape index (κ1) is 16.1. The summed E-state index contributed by atoms with van der Waals surface area (Å²) in [6, 6.07) is -0.626. The van der Waals surface area contributed by atoms with Gasteiger partial charge in [0, 0.05) is 6.04 Å². The number of carbonyl (C=O) groups is 2. The molecule has 1 aliphatic heterocycles. The van der Waals surface area contributed by atoms with Crippen LogP contribution in [0.2, 0.25) is 0 Å². The second-order valence-electron chi connectivity index (χ2n) is 7.37. The third-order valence-corrected chi connectivity index (χ3v) is 4.79. The summed E-state index contributed by atoms with van der Waals surface area (Å²) in [7, 11) is 0. The van der Waals surface area contributed by atoms with Gasteiger partial charge in [-0.1, -0.05) is 20.3 Å². The highest BCUT2D eigenvalue weighted by atomic mass is 16.5. The van der Waals surface area contributed by atoms with E-state index >= 15 is 0 Å². The van der Waals surface area contributed by atoms with Gasteiger partial charge in [-0.15, -0.1) is 0 Å². The van der Waals surface area contributed by atoms with E-state index in [-0.39, 0.29) is 30.7 Å². The minimum absolute atomic E-state index is 0.129. The molecule has 2 aliphatic rings. The van der Waals surface area contributed by atoms with Gasteiger partial charge in [0.05, 0.1) is 19.3 Å². The number of aliphatic carboxylic acids is 1. The molecular formula is C15H26N2O4. The van der Waals surface area contributed by atoms with E-state index in [1.165, 1.54) is 6.42 Å². The normalized spacial score (nSPS) is 35.2. The van der Waals surface area contributed by atoms with Crippen LogP contribution >= 0.6 is 0 Å². The average molecular weight is 298 g/mol. The molecule has 0 bridgehead atoms. The van der Waals surface area contributed by atoms with Gasteiger partial charge in [0.25, 0.3) is 0 Å². The molecular weight excluding hydrogens is 272 g/mol. The van der Waals surface area contributed by atoms with E-state index in [1.54, 1.807) is 6.92 Å². The summed E-state index contributed by atoms with van der Waals surface area (Å²) in [5, 5.41) is 15.0. The number of hydrogen-bond donors (Lipinski definition) is 3. The summed E-state index contributed by atoms with van der Waals surface area (Å²) >= 11 is 0. The van der Waals surface area contributed by atoms with E-state index in [0.717, 1.165) is 19.3 Å². The highest BCUT2D eigenvalue weighted by Crippen LogP contribution is 2.35. The molecule has 0 aromatic rings. The quantitative estimate of drug-likeness (QED) is 0.740. The van der Waals surface area contributed by atoms with Crippen LogP contribution in [-0.4, -0.2) is 42.4 Å². The number of hydrogen-bond acceptors (Lipinski definition) is 3. The predicted octanol–water partition coefficient (Wildman–Crippen LogP) is 1.74. The van der Waals surface area contributed by atoms with Crippen molar-refractivity contribution in [3.63, 3.8) is 0 Å². The minimum Gasteiger partial charge on any atom is -0.481 e. The first-order valence-electron chi connectivity index (χ1n) is 7.61. The van der Waals surface area contributed by atoms with Crippen molar-refractivity contribution in [1.82, 2.24) is 10.6 Å². The first-order valence-corrected chi connectivity index (χ1v) is 7.61. The lowest BCUT2D eigenvalue weighted by atomic mass is 9.75. The largest absolute Gasteiger partial charge is 0.481 e. The van der Waals surface area contributed by atoms with E-state index < -0.39 is 17.4 Å². The molecule has 120 valence electrons. The molecule has 1 saturated heterocycles. The molecule has 1 saturated carbocycles. The van der Waals surface area contributed by atoms with Crippen LogP contribution in [0.1, 0.15) is 46.5 Å². The Kier molecular flexibility index (Phi) is 4.46. The molecule has 0 aromatic carbocycles. The van der Waals surface area contributed by atoms with Gasteiger partial charge in [-0.05, 0) is 31.6 Å². The van der Waals surface area contributed by atoms with Crippen LogP contribution in [0, 0.1) is 10.8 Å². The Hall–Kier alpha value is -1.30. The third-order valence-electron chi connectivity index (χ3n) is 4.79. The number of nitrogens with one attached hydrogen (secondary N) is 2. The Bertz CT molecular complexity index is 424. The number of carboxylic acid groups (broad SMARTS) is 1. The van der Waals surface area contributed by atoms with Gasteiger partial charge in [-0.25, -0.2) is 4.79 Å². The zero-order valence-electron chi connectivity index (χ0n) is 13.1. The van der Waals surface area contributed by atoms with Crippen LogP contribution < -0.4 is 10.6 Å². The Balaban J connectivity index is 1.88. The van der Waals surface area contributed by atoms with Gasteiger partial charge in [0.2, 0.25) is 0 Å². The summed E-state index contributed by atoms with van der Waals surface area (Å²) in [6.07, 6.45) is 4.23. The molecule has 3 atom stereocenters. The second kappa shape index (κ2) is 5.83. The number of urea groups is 1. The molecule has 6 heteroatoms. The summed E-state index contributed by atoms with van der Waals surface area (Å²) in [6.45, 7) is 6.41. The Morgan fingerprint density at radius 3 is 2.57 bits per heavy atom. The Labute approximate surface area is 125 Å². The fraction of sp³-hybridized carbons (Fsp3) is 0.867. The molecule has 0 spiro atoms. The molecule has 2 amide bonds. The molecule has 1 aliphatic carbocycles. The number of rotatable bonds is 3. The predicted molar refractivity (Wildman–Crippen MR) is 78.1 cm³/mol. The standard InChI is InChI=1S/C15H26N2O4/c1-14(2)6-4-5-10(7-14)16-13(20)17-11-8-21-9-15(11,3)12(18)19/h10-11H,4-9H2,1-3H3,(H,18,19)(H2,16,17,20). The summed E-state index contributed by atoms with van der Waals surface area (Å²) < 4.78 is 5.23. The smallest absolute Gasteiger partial charge is 0.315 e. The van der Waals surface area contributed by atoms with Crippen LogP contribution in [0.4, 0.5) is 4.79 Å². The van der Waals surface area contributed by atoms with Crippen molar-refractivity contribution in [2.75, 3.05) is 13.2 Å². The zero-order chi connectivity index (χ0) is 15.7. The molecule has 0 radical (unpaired) electrons. The van der Waals surface area contributed by atoms with Crippen LogP contribution in [0.15, 0.2) is 0 Å². The average Bonchev–Trinajstić information content (AvgIpc) is 2.70. The zero-order valence-corrected chi connectivity index (χ0v) is 13.1. The maximum atomic E-state index is 12.1. The lowest BCUT2D eigenvalue weighted by Gasteiger charge is -2.36. The molecule has 6 nitrogen and oxygen atoms in total. The lowest BCUT2D eigenvalue weighted by molar-refractivity contribution is -0.148. The minimum atomic E-state index is -1.05. The van der Waals surface area contributed by atoms with Crippen LogP contribution in [0.5, 0.6) is 0 Å². The van der Waals surface area contributed by atoms with Gasteiger partial charge in [-0.2, -0.15) is 0 Å². The van der Waals surface area contributed by atoms with Crippen LogP contribution in [0.3, 0.4) is 0 Å². The topological polar surface area (TPSA) is 87.7 Å². The van der Waals surface area contributed by atoms with Gasteiger partial charge < -0.3 is 20.5 Å². The van der Waals surface area contributed by atoms with Crippen molar-refractivity contribution >= 4 is 12.0 Å². The number of amides is 2. The van der Waals surface area contributed by atoms with Crippen molar-refractivity contribution in [2.45, 2.75) is 58.5 Å². The Morgan fingerprint density at radius 1 is 1.24 bits per heavy atom. The molecule has 3 unspecified atom stereocenters. The van der Waals surface area contributed by atoms with E-state index in [4.69, 9.17) is 4.74 Å². The maximum Gasteiger partial charge on any atom is 0.315 e. The highest BCUT2D eigenvalue weighted by molar-refractivity contribution is 5.79. The third kappa shape index (κ3) is 3.67. The Morgan fingerprint density at radius 2 is 1.95 bits per heavy atom. The van der Waals surface area contributed by atoms with Crippen molar-refractivity contribution in [2.24, 2.45) is 10.8 Å². The summed E-state index contributed by atoms with van der Waals surface area (Å²) in [4.78, 5) is 23.5. The maximum absolute atomic E-state index is 12.1. The SMILES string of the molecule is CC1(C)CCCC(NC(=O)NC2COCC2(C)C(=O)O)C1. The molecule has 3 N–H and O–H groups in total. The van der Waals surface area contributed by atoms with Gasteiger partial charge in [0.1, 0.15) is 5.41 Å². The van der Waals surface area contributed by atoms with E-state index in [2.05, 4.69) is 24.5 Å². The fourth-order valence-electron chi connectivity index (χ4n) is 3.29. The lowest BCUT2D eigenvalue weighted by Crippen LogP contribution is -2.54. The van der Waals surface area contributed by atoms with Crippen LogP contribution in [0.25, 0.3) is 0 Å². The number of ether oxygens (including phenoxy) is 1. The van der Waals surface area contributed by atoms with Crippen molar-refractivity contribution in [3.05, 3.63) is 0 Å². The monoisotopic (exact) mass is 298 g/mol. The van der Waals surface area contributed by atoms with Gasteiger partial charge in [0.15, 0.2) is 0 Å². The molecule has 1 heterocycles. The van der Waals surface area contributed by atoms with Crippen molar-refractivity contribution < 1.29 is 19.4 Å². The van der Waals surface area contributed by atoms with Crippen molar-refractivity contribution in [1.29, 1.82) is 0 Å². The van der Waals surface area contributed by atoms with Gasteiger partial charge >= 0.3 is 12.0 Å². The first-order chi connectivity index (χ1) is 9.73. The molecule has 21 heavy (non-hydrogen) atoms. The molecule has 2 rings (SSSR count). The summed E-state index contributed by atoms with van der Waals surface area (Å²) in [5.41, 5.74) is -0.800. The summed E-state index contributed by atoms with van der Waals surface area (Å²) in [5.74, 6) is -0.941.